The van der Waals surface area contributed by atoms with Crippen molar-refractivity contribution in [3.8, 4) is 0 Å². The highest BCUT2D eigenvalue weighted by Crippen LogP contribution is 2.48. The second-order valence-electron chi connectivity index (χ2n) is 11.7. The number of aryl methyl sites for hydroxylation is 2. The van der Waals surface area contributed by atoms with E-state index in [2.05, 4.69) is 82.6 Å². The van der Waals surface area contributed by atoms with Crippen LogP contribution in [0.4, 0.5) is 22.9 Å². The third kappa shape index (κ3) is 5.84. The minimum Gasteiger partial charge on any atom is -0.369 e. The molecule has 0 bridgehead atoms. The van der Waals surface area contributed by atoms with Crippen LogP contribution in [0.3, 0.4) is 0 Å². The van der Waals surface area contributed by atoms with Crippen molar-refractivity contribution in [1.29, 1.82) is 0 Å². The first kappa shape index (κ1) is 27.1. The maximum Gasteiger partial charge on any atom is 0.227 e. The van der Waals surface area contributed by atoms with Crippen molar-refractivity contribution >= 4 is 40.5 Å². The number of carbonyl (C=O) groups is 1. The number of benzene rings is 2. The van der Waals surface area contributed by atoms with Crippen LogP contribution >= 0.6 is 11.8 Å². The van der Waals surface area contributed by atoms with E-state index >= 15 is 0 Å². The van der Waals surface area contributed by atoms with E-state index in [1.54, 1.807) is 6.33 Å². The first-order valence-electron chi connectivity index (χ1n) is 14.6. The number of hydrogen-bond acceptors (Lipinski definition) is 7. The molecular formula is C32H40N6OS. The molecule has 1 amide bonds. The molecule has 1 saturated carbocycles. The van der Waals surface area contributed by atoms with Gasteiger partial charge in [0, 0.05) is 60.3 Å². The molecule has 6 rings (SSSR count). The monoisotopic (exact) mass is 556 g/mol. The molecule has 1 atom stereocenters. The molecule has 2 N–H and O–H groups in total. The van der Waals surface area contributed by atoms with Crippen molar-refractivity contribution in [2.75, 3.05) is 54.0 Å². The molecule has 0 spiro atoms. The molecule has 7 nitrogen and oxygen atoms in total. The van der Waals surface area contributed by atoms with Crippen LogP contribution in [0.25, 0.3) is 0 Å². The zero-order valence-electron chi connectivity index (χ0n) is 23.9. The SMILES string of the molecule is CCN1CCN(c2ccc(Nc3ncnc4c3SCC4(C)CCc3cc(NC(=O)C4CC4)ccc3C)cc2)CC1. The summed E-state index contributed by atoms with van der Waals surface area (Å²) in [5.41, 5.74) is 6.89. The van der Waals surface area contributed by atoms with E-state index in [0.29, 0.717) is 0 Å². The Kier molecular flexibility index (Phi) is 7.73. The Morgan fingerprint density at radius 3 is 2.52 bits per heavy atom. The van der Waals surface area contributed by atoms with E-state index in [4.69, 9.17) is 4.98 Å². The van der Waals surface area contributed by atoms with Gasteiger partial charge in [0.2, 0.25) is 5.91 Å². The second-order valence-corrected chi connectivity index (χ2v) is 12.7. The molecule has 3 aromatic rings. The van der Waals surface area contributed by atoms with Crippen LogP contribution < -0.4 is 15.5 Å². The van der Waals surface area contributed by atoms with Crippen molar-refractivity contribution in [3.05, 3.63) is 65.6 Å². The maximum absolute atomic E-state index is 12.3. The van der Waals surface area contributed by atoms with Gasteiger partial charge in [-0.3, -0.25) is 4.79 Å². The third-order valence-electron chi connectivity index (χ3n) is 8.74. The van der Waals surface area contributed by atoms with Gasteiger partial charge in [-0.05, 0) is 86.7 Å². The molecule has 0 radical (unpaired) electrons. The van der Waals surface area contributed by atoms with Gasteiger partial charge in [-0.1, -0.05) is 19.9 Å². The van der Waals surface area contributed by atoms with Gasteiger partial charge < -0.3 is 20.4 Å². The second kappa shape index (κ2) is 11.4. The standard InChI is InChI=1S/C32H40N6OS/c1-4-37-15-17-38(18-16-37)27-11-9-25(10-12-27)35-30-28-29(33-21-34-30)32(3,20-40-28)14-13-24-19-26(8-5-22(24)2)36-31(39)23-6-7-23/h5,8-12,19,21,23H,4,6-7,13-18,20H2,1-3H3,(H,36,39)(H,33,34,35). The Labute approximate surface area is 242 Å². The molecular weight excluding hydrogens is 516 g/mol. The van der Waals surface area contributed by atoms with Crippen molar-refractivity contribution < 1.29 is 4.79 Å². The minimum absolute atomic E-state index is 0.0381. The molecule has 2 aromatic carbocycles. The Morgan fingerprint density at radius 2 is 1.80 bits per heavy atom. The summed E-state index contributed by atoms with van der Waals surface area (Å²) in [6.07, 6.45) is 5.66. The number of hydrogen-bond donors (Lipinski definition) is 2. The average Bonchev–Trinajstić information content (AvgIpc) is 3.78. The molecule has 1 aromatic heterocycles. The molecule has 3 aliphatic rings. The number of anilines is 4. The lowest BCUT2D eigenvalue weighted by molar-refractivity contribution is -0.117. The molecule has 2 aliphatic heterocycles. The van der Waals surface area contributed by atoms with E-state index < -0.39 is 0 Å². The number of fused-ring (bicyclic) bond motifs is 1. The molecule has 8 heteroatoms. The van der Waals surface area contributed by atoms with Gasteiger partial charge in [0.15, 0.2) is 0 Å². The maximum atomic E-state index is 12.3. The smallest absolute Gasteiger partial charge is 0.227 e. The predicted octanol–water partition coefficient (Wildman–Crippen LogP) is 6.02. The van der Waals surface area contributed by atoms with Crippen LogP contribution in [0.1, 0.15) is 49.9 Å². The van der Waals surface area contributed by atoms with Crippen molar-refractivity contribution in [1.82, 2.24) is 14.9 Å². The molecule has 1 unspecified atom stereocenters. The number of thioether (sulfide) groups is 1. The summed E-state index contributed by atoms with van der Waals surface area (Å²) in [5.74, 6) is 2.24. The number of nitrogens with one attached hydrogen (secondary N) is 2. The third-order valence-corrected chi connectivity index (χ3v) is 10.2. The van der Waals surface area contributed by atoms with Crippen LogP contribution in [0.2, 0.25) is 0 Å². The van der Waals surface area contributed by atoms with Gasteiger partial charge in [-0.2, -0.15) is 0 Å². The van der Waals surface area contributed by atoms with Crippen LogP contribution in [-0.2, 0) is 16.6 Å². The molecule has 3 heterocycles. The first-order chi connectivity index (χ1) is 19.4. The highest BCUT2D eigenvalue weighted by molar-refractivity contribution is 7.99. The topological polar surface area (TPSA) is 73.4 Å². The van der Waals surface area contributed by atoms with E-state index in [1.165, 1.54) is 16.8 Å². The van der Waals surface area contributed by atoms with Gasteiger partial charge in [-0.25, -0.2) is 9.97 Å². The summed E-state index contributed by atoms with van der Waals surface area (Å²) in [5, 5.41) is 6.68. The Bertz CT molecular complexity index is 1370. The summed E-state index contributed by atoms with van der Waals surface area (Å²) in [6.45, 7) is 12.3. The zero-order valence-corrected chi connectivity index (χ0v) is 24.7. The Morgan fingerprint density at radius 1 is 1.05 bits per heavy atom. The molecule has 1 aliphatic carbocycles. The number of piperazine rings is 1. The Hall–Kier alpha value is -3.10. The number of carbonyl (C=O) groups excluding carboxylic acids is 1. The molecule has 2 fully saturated rings. The zero-order chi connectivity index (χ0) is 27.7. The van der Waals surface area contributed by atoms with Gasteiger partial charge in [0.1, 0.15) is 12.1 Å². The summed E-state index contributed by atoms with van der Waals surface area (Å²) in [4.78, 5) is 27.8. The van der Waals surface area contributed by atoms with Crippen molar-refractivity contribution in [2.45, 2.75) is 56.8 Å². The fraction of sp³-hybridized carbons (Fsp3) is 0.469. The van der Waals surface area contributed by atoms with Gasteiger partial charge in [-0.15, -0.1) is 11.8 Å². The quantitative estimate of drug-likeness (QED) is 0.334. The van der Waals surface area contributed by atoms with Crippen molar-refractivity contribution in [2.24, 2.45) is 5.92 Å². The number of rotatable bonds is 9. The number of amides is 1. The van der Waals surface area contributed by atoms with E-state index in [0.717, 1.165) is 91.9 Å². The lowest BCUT2D eigenvalue weighted by atomic mass is 9.82. The molecule has 40 heavy (non-hydrogen) atoms. The predicted molar refractivity (Wildman–Crippen MR) is 165 cm³/mol. The molecule has 1 saturated heterocycles. The first-order valence-corrected chi connectivity index (χ1v) is 15.6. The lowest BCUT2D eigenvalue weighted by Gasteiger charge is -2.35. The van der Waals surface area contributed by atoms with Crippen molar-refractivity contribution in [3.63, 3.8) is 0 Å². The van der Waals surface area contributed by atoms with Gasteiger partial charge in [0.05, 0.1) is 10.6 Å². The Balaban J connectivity index is 1.12. The average molecular weight is 557 g/mol. The summed E-state index contributed by atoms with van der Waals surface area (Å²) < 4.78 is 0. The summed E-state index contributed by atoms with van der Waals surface area (Å²) in [6, 6.07) is 15.0. The van der Waals surface area contributed by atoms with Crippen LogP contribution in [-0.4, -0.2) is 59.3 Å². The minimum atomic E-state index is -0.0381. The van der Waals surface area contributed by atoms with Crippen LogP contribution in [0.5, 0.6) is 0 Å². The summed E-state index contributed by atoms with van der Waals surface area (Å²) in [7, 11) is 0. The lowest BCUT2D eigenvalue weighted by Crippen LogP contribution is -2.46. The van der Waals surface area contributed by atoms with E-state index in [1.807, 2.05) is 17.8 Å². The summed E-state index contributed by atoms with van der Waals surface area (Å²) >= 11 is 1.85. The largest absolute Gasteiger partial charge is 0.369 e. The number of nitrogens with zero attached hydrogens (tertiary/aromatic N) is 4. The van der Waals surface area contributed by atoms with Crippen LogP contribution in [0.15, 0.2) is 53.7 Å². The number of likely N-dealkylation sites (N-methyl/N-ethyl adjacent to an activating group) is 1. The van der Waals surface area contributed by atoms with E-state index in [-0.39, 0.29) is 17.2 Å². The van der Waals surface area contributed by atoms with Crippen LogP contribution in [0, 0.1) is 12.8 Å². The normalized spacial score (nSPS) is 20.8. The van der Waals surface area contributed by atoms with E-state index in [9.17, 15) is 4.79 Å². The van der Waals surface area contributed by atoms with Gasteiger partial charge in [0.25, 0.3) is 0 Å². The fourth-order valence-corrected chi connectivity index (χ4v) is 7.17. The fourth-order valence-electron chi connectivity index (χ4n) is 5.75. The highest BCUT2D eigenvalue weighted by atomic mass is 32.2. The molecule has 210 valence electrons. The number of aromatic nitrogens is 2. The van der Waals surface area contributed by atoms with Gasteiger partial charge >= 0.3 is 0 Å². The highest BCUT2D eigenvalue weighted by Gasteiger charge is 2.38.